The van der Waals surface area contributed by atoms with Gasteiger partial charge in [0, 0.05) is 20.9 Å². The summed E-state index contributed by atoms with van der Waals surface area (Å²) in [6.07, 6.45) is 0. The Morgan fingerprint density at radius 1 is 0.488 bits per heavy atom. The van der Waals surface area contributed by atoms with Crippen molar-refractivity contribution in [2.45, 2.75) is 15.2 Å². The molecule has 9 rings (SSSR count). The predicted octanol–water partition coefficient (Wildman–Crippen LogP) is 9.53. The van der Waals surface area contributed by atoms with Gasteiger partial charge >= 0.3 is 0 Å². The lowest BCUT2D eigenvalue weighted by atomic mass is 9.57. The quantitative estimate of drug-likeness (QED) is 0.206. The van der Waals surface area contributed by atoms with E-state index in [0.717, 1.165) is 27.9 Å². The van der Waals surface area contributed by atoms with Crippen molar-refractivity contribution >= 4 is 34.6 Å². The van der Waals surface area contributed by atoms with Crippen molar-refractivity contribution in [3.05, 3.63) is 173 Å². The molecule has 2 nitrogen and oxygen atoms in total. The number of nitrogens with zero attached hydrogens (tertiary/aromatic N) is 1. The van der Waals surface area contributed by atoms with Gasteiger partial charge in [0.15, 0.2) is 5.78 Å². The third kappa shape index (κ3) is 2.91. The molecule has 0 unspecified atom stereocenters. The van der Waals surface area contributed by atoms with Gasteiger partial charge in [-0.2, -0.15) is 0 Å². The number of hydrogen-bond donors (Lipinski definition) is 0. The van der Waals surface area contributed by atoms with E-state index in [1.807, 2.05) is 36.0 Å². The number of benzene rings is 6. The number of ketones is 1. The Bertz CT molecular complexity index is 2010. The summed E-state index contributed by atoms with van der Waals surface area (Å²) in [5.74, 6) is 0.0937. The average molecular weight is 542 g/mol. The van der Waals surface area contributed by atoms with Crippen LogP contribution in [-0.2, 0) is 5.41 Å². The molecular weight excluding hydrogens is 518 g/mol. The van der Waals surface area contributed by atoms with E-state index >= 15 is 0 Å². The maximum atomic E-state index is 13.9. The lowest BCUT2D eigenvalue weighted by Gasteiger charge is -2.50. The highest BCUT2D eigenvalue weighted by Crippen LogP contribution is 2.64. The van der Waals surface area contributed by atoms with E-state index in [1.165, 1.54) is 43.4 Å². The van der Waals surface area contributed by atoms with Gasteiger partial charge in [0.25, 0.3) is 0 Å². The first-order valence-electron chi connectivity index (χ1n) is 13.9. The molecule has 2 heterocycles. The van der Waals surface area contributed by atoms with E-state index in [0.29, 0.717) is 0 Å². The Hall–Kier alpha value is -4.86. The third-order valence-corrected chi connectivity index (χ3v) is 9.97. The molecule has 0 atom stereocenters. The number of fused-ring (bicyclic) bond motifs is 10. The van der Waals surface area contributed by atoms with Crippen LogP contribution in [0.3, 0.4) is 0 Å². The Balaban J connectivity index is 1.48. The molecule has 192 valence electrons. The van der Waals surface area contributed by atoms with E-state index in [9.17, 15) is 4.79 Å². The topological polar surface area (TPSA) is 20.3 Å². The maximum absolute atomic E-state index is 13.9. The smallest absolute Gasteiger partial charge is 0.193 e. The summed E-state index contributed by atoms with van der Waals surface area (Å²) in [6.45, 7) is 0. The van der Waals surface area contributed by atoms with E-state index < -0.39 is 5.41 Å². The fraction of sp³-hybridized carbons (Fsp3) is 0.0263. The summed E-state index contributed by atoms with van der Waals surface area (Å²) in [5.41, 5.74) is 11.3. The van der Waals surface area contributed by atoms with Gasteiger partial charge in [-0.3, -0.25) is 4.79 Å². The van der Waals surface area contributed by atoms with Gasteiger partial charge in [-0.15, -0.1) is 0 Å². The number of carbonyl (C=O) groups excluding carboxylic acids is 1. The molecule has 0 aromatic heterocycles. The molecule has 0 saturated carbocycles. The van der Waals surface area contributed by atoms with Crippen molar-refractivity contribution in [1.82, 2.24) is 0 Å². The van der Waals surface area contributed by atoms with Crippen molar-refractivity contribution in [1.29, 1.82) is 0 Å². The van der Waals surface area contributed by atoms with Crippen molar-refractivity contribution < 1.29 is 4.79 Å². The van der Waals surface area contributed by atoms with Crippen LogP contribution in [0.1, 0.15) is 38.2 Å². The molecule has 0 fully saturated rings. The van der Waals surface area contributed by atoms with Crippen LogP contribution in [0.25, 0.3) is 11.1 Å². The standard InChI is InChI=1S/C38H23NOS/c40-37-26-13-4-6-15-28(26)38(29-16-7-5-14-27(29)37)30-22-21-25(24-11-2-1-3-12-24)23-33(30)39-32-18-8-9-19-34(32)41-35-20-10-17-31(38)36(35)39/h1-23H. The van der Waals surface area contributed by atoms with Crippen molar-refractivity contribution in [3.63, 3.8) is 0 Å². The summed E-state index contributed by atoms with van der Waals surface area (Å²) in [7, 11) is 0. The first-order valence-corrected chi connectivity index (χ1v) is 14.7. The first-order chi connectivity index (χ1) is 20.3. The van der Waals surface area contributed by atoms with Crippen molar-refractivity contribution in [2.75, 3.05) is 4.90 Å². The molecular formula is C38H23NOS. The van der Waals surface area contributed by atoms with Gasteiger partial charge in [-0.05, 0) is 57.6 Å². The second-order valence-corrected chi connectivity index (χ2v) is 11.9. The van der Waals surface area contributed by atoms with Crippen LogP contribution in [0.5, 0.6) is 0 Å². The number of hydrogen-bond acceptors (Lipinski definition) is 3. The zero-order valence-corrected chi connectivity index (χ0v) is 22.9. The highest BCUT2D eigenvalue weighted by molar-refractivity contribution is 7.99. The van der Waals surface area contributed by atoms with Gasteiger partial charge in [0.05, 0.1) is 22.5 Å². The largest absolute Gasteiger partial charge is 0.308 e. The molecule has 2 aliphatic heterocycles. The number of anilines is 3. The molecule has 0 amide bonds. The molecule has 0 saturated heterocycles. The first kappa shape index (κ1) is 22.9. The fourth-order valence-electron chi connectivity index (χ4n) is 7.23. The van der Waals surface area contributed by atoms with E-state index in [1.54, 1.807) is 0 Å². The summed E-state index contributed by atoms with van der Waals surface area (Å²) < 4.78 is 0. The van der Waals surface area contributed by atoms with Crippen LogP contribution in [0.4, 0.5) is 17.1 Å². The lowest BCUT2D eigenvalue weighted by molar-refractivity contribution is 0.103. The molecule has 1 spiro atoms. The fourth-order valence-corrected chi connectivity index (χ4v) is 8.32. The van der Waals surface area contributed by atoms with Gasteiger partial charge < -0.3 is 4.90 Å². The molecule has 1 aliphatic carbocycles. The van der Waals surface area contributed by atoms with Crippen LogP contribution < -0.4 is 4.90 Å². The van der Waals surface area contributed by atoms with Crippen molar-refractivity contribution in [3.8, 4) is 11.1 Å². The lowest BCUT2D eigenvalue weighted by Crippen LogP contribution is -2.42. The molecule has 3 aliphatic rings. The predicted molar refractivity (Wildman–Crippen MR) is 166 cm³/mol. The van der Waals surface area contributed by atoms with Crippen LogP contribution in [0, 0.1) is 0 Å². The summed E-state index contributed by atoms with van der Waals surface area (Å²) >= 11 is 1.83. The molecule has 6 aromatic carbocycles. The summed E-state index contributed by atoms with van der Waals surface area (Å²) in [6, 6.07) is 49.3. The number of para-hydroxylation sites is 2. The van der Waals surface area contributed by atoms with Crippen LogP contribution >= 0.6 is 11.8 Å². The van der Waals surface area contributed by atoms with Crippen molar-refractivity contribution in [2.24, 2.45) is 0 Å². The molecule has 0 bridgehead atoms. The zero-order chi connectivity index (χ0) is 27.1. The molecule has 6 aromatic rings. The highest BCUT2D eigenvalue weighted by atomic mass is 32.2. The van der Waals surface area contributed by atoms with E-state index in [-0.39, 0.29) is 5.78 Å². The molecule has 3 heteroatoms. The molecule has 0 N–H and O–H groups in total. The molecule has 41 heavy (non-hydrogen) atoms. The summed E-state index contributed by atoms with van der Waals surface area (Å²) in [5, 5.41) is 0. The maximum Gasteiger partial charge on any atom is 0.193 e. The number of rotatable bonds is 1. The Labute approximate surface area is 242 Å². The zero-order valence-electron chi connectivity index (χ0n) is 22.0. The van der Waals surface area contributed by atoms with Gasteiger partial charge in [-0.25, -0.2) is 0 Å². The van der Waals surface area contributed by atoms with Crippen LogP contribution in [-0.4, -0.2) is 5.78 Å². The second kappa shape index (κ2) is 8.33. The Morgan fingerprint density at radius 3 is 1.90 bits per heavy atom. The Kier molecular flexibility index (Phi) is 4.65. The summed E-state index contributed by atoms with van der Waals surface area (Å²) in [4.78, 5) is 18.9. The minimum Gasteiger partial charge on any atom is -0.308 e. The molecule has 0 radical (unpaired) electrons. The highest BCUT2D eigenvalue weighted by Gasteiger charge is 2.52. The minimum atomic E-state index is -0.639. The van der Waals surface area contributed by atoms with Gasteiger partial charge in [0.2, 0.25) is 0 Å². The second-order valence-electron chi connectivity index (χ2n) is 10.8. The number of carbonyl (C=O) groups is 1. The average Bonchev–Trinajstić information content (AvgIpc) is 3.04. The SMILES string of the molecule is O=C1c2ccccc2C2(c3ccccc31)c1ccc(-c3ccccc3)cc1N1c3ccccc3Sc3cccc2c31. The minimum absolute atomic E-state index is 0.0937. The third-order valence-electron chi connectivity index (χ3n) is 8.85. The van der Waals surface area contributed by atoms with E-state index in [2.05, 4.69) is 120 Å². The normalized spacial score (nSPS) is 14.9. The van der Waals surface area contributed by atoms with Gasteiger partial charge in [0.1, 0.15) is 0 Å². The monoisotopic (exact) mass is 541 g/mol. The van der Waals surface area contributed by atoms with Crippen LogP contribution in [0.15, 0.2) is 149 Å². The Morgan fingerprint density at radius 2 is 1.12 bits per heavy atom. The van der Waals surface area contributed by atoms with Gasteiger partial charge in [-0.1, -0.05) is 127 Å². The van der Waals surface area contributed by atoms with E-state index in [4.69, 9.17) is 0 Å². The van der Waals surface area contributed by atoms with Crippen LogP contribution in [0.2, 0.25) is 0 Å².